The average Bonchev–Trinajstić information content (AvgIpc) is 2.90. The van der Waals surface area contributed by atoms with Crippen molar-refractivity contribution in [2.24, 2.45) is 11.8 Å². The zero-order valence-electron chi connectivity index (χ0n) is 13.7. The van der Waals surface area contributed by atoms with Gasteiger partial charge in [-0.15, -0.1) is 0 Å². The number of aliphatic carboxylic acids is 1. The van der Waals surface area contributed by atoms with E-state index in [0.717, 1.165) is 17.6 Å². The summed E-state index contributed by atoms with van der Waals surface area (Å²) in [5.74, 6) is -2.15. The van der Waals surface area contributed by atoms with Gasteiger partial charge in [0.25, 0.3) is 0 Å². The van der Waals surface area contributed by atoms with Crippen LogP contribution in [-0.4, -0.2) is 28.5 Å². The lowest BCUT2D eigenvalue weighted by Gasteiger charge is -2.24. The summed E-state index contributed by atoms with van der Waals surface area (Å²) in [6, 6.07) is 8.11. The summed E-state index contributed by atoms with van der Waals surface area (Å²) in [6.07, 6.45) is 5.39. The molecule has 0 saturated carbocycles. The van der Waals surface area contributed by atoms with Crippen LogP contribution >= 0.6 is 0 Å². The van der Waals surface area contributed by atoms with Gasteiger partial charge in [-0.05, 0) is 37.8 Å². The maximum absolute atomic E-state index is 12.4. The van der Waals surface area contributed by atoms with E-state index in [1.54, 1.807) is 0 Å². The van der Waals surface area contributed by atoms with Gasteiger partial charge in [0.2, 0.25) is 5.91 Å². The molecule has 1 amide bonds. The number of carboxylic acids is 1. The van der Waals surface area contributed by atoms with Gasteiger partial charge in [-0.1, -0.05) is 30.4 Å². The van der Waals surface area contributed by atoms with Crippen molar-refractivity contribution < 1.29 is 14.7 Å². The minimum Gasteiger partial charge on any atom is -0.481 e. The van der Waals surface area contributed by atoms with Crippen LogP contribution in [0.3, 0.4) is 0 Å². The molecule has 3 rings (SSSR count). The molecule has 0 unspecified atom stereocenters. The fraction of sp³-hybridized carbons (Fsp3) is 0.368. The standard InChI is InChI=1S/C19H22N2O3/c1-12-13(14-6-4-5-9-17(14)21-12)10-11-20-18(22)15-7-2-3-8-16(15)19(23)24/h2-6,9,15-16,21H,7-8,10-11H2,1H3,(H,20,22)(H,23,24)/t15-,16-/m1/s1. The molecule has 1 heterocycles. The van der Waals surface area contributed by atoms with Crippen LogP contribution in [-0.2, 0) is 16.0 Å². The molecule has 3 N–H and O–H groups in total. The summed E-state index contributed by atoms with van der Waals surface area (Å²) in [5.41, 5.74) is 3.40. The highest BCUT2D eigenvalue weighted by molar-refractivity contribution is 5.86. The molecule has 2 atom stereocenters. The van der Waals surface area contributed by atoms with Crippen molar-refractivity contribution in [3.63, 3.8) is 0 Å². The van der Waals surface area contributed by atoms with Gasteiger partial charge >= 0.3 is 5.97 Å². The molecule has 1 aromatic heterocycles. The zero-order chi connectivity index (χ0) is 17.1. The number of carbonyl (C=O) groups is 2. The largest absolute Gasteiger partial charge is 0.481 e. The van der Waals surface area contributed by atoms with Crippen LogP contribution in [0.4, 0.5) is 0 Å². The first-order valence-electron chi connectivity index (χ1n) is 8.29. The number of hydrogen-bond donors (Lipinski definition) is 3. The first-order valence-corrected chi connectivity index (χ1v) is 8.29. The van der Waals surface area contributed by atoms with Crippen LogP contribution in [0.1, 0.15) is 24.1 Å². The number of aryl methyl sites for hydroxylation is 1. The van der Waals surface area contributed by atoms with E-state index in [1.165, 1.54) is 10.9 Å². The highest BCUT2D eigenvalue weighted by Crippen LogP contribution is 2.26. The van der Waals surface area contributed by atoms with E-state index in [0.29, 0.717) is 19.4 Å². The number of hydrogen-bond acceptors (Lipinski definition) is 2. The number of nitrogens with one attached hydrogen (secondary N) is 2. The molecule has 126 valence electrons. The van der Waals surface area contributed by atoms with Crippen molar-refractivity contribution in [1.82, 2.24) is 10.3 Å². The Morgan fingerprint density at radius 2 is 1.92 bits per heavy atom. The third-order valence-electron chi connectivity index (χ3n) is 4.79. The first-order chi connectivity index (χ1) is 11.6. The van der Waals surface area contributed by atoms with Crippen molar-refractivity contribution in [3.05, 3.63) is 47.7 Å². The molecule has 1 aliphatic rings. The van der Waals surface area contributed by atoms with Crippen LogP contribution in [0.2, 0.25) is 0 Å². The zero-order valence-corrected chi connectivity index (χ0v) is 13.7. The molecule has 5 nitrogen and oxygen atoms in total. The third-order valence-corrected chi connectivity index (χ3v) is 4.79. The van der Waals surface area contributed by atoms with Crippen molar-refractivity contribution in [2.75, 3.05) is 6.54 Å². The monoisotopic (exact) mass is 326 g/mol. The summed E-state index contributed by atoms with van der Waals surface area (Å²) in [4.78, 5) is 27.0. The number of para-hydroxylation sites is 1. The summed E-state index contributed by atoms with van der Waals surface area (Å²) < 4.78 is 0. The van der Waals surface area contributed by atoms with Crippen molar-refractivity contribution >= 4 is 22.8 Å². The number of aromatic amines is 1. The predicted octanol–water partition coefficient (Wildman–Crippen LogP) is 2.80. The molecule has 0 radical (unpaired) electrons. The summed E-state index contributed by atoms with van der Waals surface area (Å²) >= 11 is 0. The summed E-state index contributed by atoms with van der Waals surface area (Å²) in [5, 5.41) is 13.4. The minimum atomic E-state index is -0.896. The van der Waals surface area contributed by atoms with Crippen LogP contribution < -0.4 is 5.32 Å². The SMILES string of the molecule is Cc1[nH]c2ccccc2c1CCNC(=O)[C@@H]1CC=CC[C@H]1C(=O)O. The van der Waals surface area contributed by atoms with Gasteiger partial charge < -0.3 is 15.4 Å². The Kier molecular flexibility index (Phi) is 4.69. The fourth-order valence-corrected chi connectivity index (χ4v) is 3.48. The number of amides is 1. The third kappa shape index (κ3) is 3.20. The normalized spacial score (nSPS) is 20.2. The van der Waals surface area contributed by atoms with Gasteiger partial charge in [0, 0.05) is 23.1 Å². The topological polar surface area (TPSA) is 82.2 Å². The Balaban J connectivity index is 1.63. The van der Waals surface area contributed by atoms with Gasteiger partial charge in [-0.25, -0.2) is 0 Å². The Hall–Kier alpha value is -2.56. The van der Waals surface area contributed by atoms with E-state index in [1.807, 2.05) is 37.3 Å². The maximum Gasteiger partial charge on any atom is 0.307 e. The molecular weight excluding hydrogens is 304 g/mol. The van der Waals surface area contributed by atoms with Gasteiger partial charge in [0.05, 0.1) is 11.8 Å². The molecule has 1 aliphatic carbocycles. The second kappa shape index (κ2) is 6.91. The van der Waals surface area contributed by atoms with Crippen LogP contribution in [0, 0.1) is 18.8 Å². The van der Waals surface area contributed by atoms with Crippen molar-refractivity contribution in [3.8, 4) is 0 Å². The molecule has 24 heavy (non-hydrogen) atoms. The van der Waals surface area contributed by atoms with E-state index in [4.69, 9.17) is 0 Å². The quantitative estimate of drug-likeness (QED) is 0.739. The second-order valence-electron chi connectivity index (χ2n) is 6.31. The molecule has 1 aromatic carbocycles. The van der Waals surface area contributed by atoms with E-state index in [-0.39, 0.29) is 5.91 Å². The Morgan fingerprint density at radius 3 is 2.67 bits per heavy atom. The molecule has 5 heteroatoms. The average molecular weight is 326 g/mol. The Labute approximate surface area is 140 Å². The summed E-state index contributed by atoms with van der Waals surface area (Å²) in [7, 11) is 0. The van der Waals surface area contributed by atoms with E-state index in [9.17, 15) is 14.7 Å². The number of carboxylic acid groups (broad SMARTS) is 1. The number of H-pyrrole nitrogens is 1. The minimum absolute atomic E-state index is 0.163. The molecule has 0 fully saturated rings. The molecule has 0 spiro atoms. The van der Waals surface area contributed by atoms with Crippen molar-refractivity contribution in [1.29, 1.82) is 0 Å². The number of carbonyl (C=O) groups excluding carboxylic acids is 1. The van der Waals surface area contributed by atoms with E-state index >= 15 is 0 Å². The van der Waals surface area contributed by atoms with Gasteiger partial charge in [0.1, 0.15) is 0 Å². The van der Waals surface area contributed by atoms with E-state index in [2.05, 4.69) is 16.4 Å². The highest BCUT2D eigenvalue weighted by atomic mass is 16.4. The molecule has 2 aromatic rings. The number of fused-ring (bicyclic) bond motifs is 1. The van der Waals surface area contributed by atoms with Gasteiger partial charge in [-0.2, -0.15) is 0 Å². The molecule has 0 bridgehead atoms. The smallest absolute Gasteiger partial charge is 0.307 e. The van der Waals surface area contributed by atoms with Crippen LogP contribution in [0.15, 0.2) is 36.4 Å². The number of aromatic nitrogens is 1. The molecule has 0 aliphatic heterocycles. The highest BCUT2D eigenvalue weighted by Gasteiger charge is 2.33. The maximum atomic E-state index is 12.4. The molecule has 0 saturated heterocycles. The van der Waals surface area contributed by atoms with Crippen molar-refractivity contribution in [2.45, 2.75) is 26.2 Å². The van der Waals surface area contributed by atoms with Crippen LogP contribution in [0.25, 0.3) is 10.9 Å². The summed E-state index contributed by atoms with van der Waals surface area (Å²) in [6.45, 7) is 2.54. The lowest BCUT2D eigenvalue weighted by Crippen LogP contribution is -2.39. The fourth-order valence-electron chi connectivity index (χ4n) is 3.48. The second-order valence-corrected chi connectivity index (χ2v) is 6.31. The first kappa shape index (κ1) is 16.3. The number of rotatable bonds is 5. The lowest BCUT2D eigenvalue weighted by molar-refractivity contribution is -0.147. The molecular formula is C19H22N2O3. The number of benzene rings is 1. The van der Waals surface area contributed by atoms with E-state index < -0.39 is 17.8 Å². The van der Waals surface area contributed by atoms with Crippen LogP contribution in [0.5, 0.6) is 0 Å². The number of allylic oxidation sites excluding steroid dienone is 2. The Morgan fingerprint density at radius 1 is 1.21 bits per heavy atom. The van der Waals surface area contributed by atoms with Gasteiger partial charge in [-0.3, -0.25) is 9.59 Å². The Bertz CT molecular complexity index is 791. The van der Waals surface area contributed by atoms with Gasteiger partial charge in [0.15, 0.2) is 0 Å². The lowest BCUT2D eigenvalue weighted by atomic mass is 9.82. The predicted molar refractivity (Wildman–Crippen MR) is 92.7 cm³/mol.